The van der Waals surface area contributed by atoms with E-state index in [2.05, 4.69) is 17.2 Å². The molecule has 1 aliphatic rings. The Kier molecular flexibility index (Phi) is 4.84. The molecule has 0 radical (unpaired) electrons. The van der Waals surface area contributed by atoms with Crippen molar-refractivity contribution in [2.75, 3.05) is 18.5 Å². The standard InChI is InChI=1S/C17H18N2O4/c1-17(2,23)7-6-12-4-3-5-13(10-12)18-14-11-15(21)19(8-9-20)16(14)22/h3-5,10-11,18,20,23H,8-9H2,1-2H3. The number of amides is 2. The number of carbonyl (C=O) groups excluding carboxylic acids is 2. The molecule has 6 nitrogen and oxygen atoms in total. The largest absolute Gasteiger partial charge is 0.395 e. The van der Waals surface area contributed by atoms with Crippen LogP contribution in [0.15, 0.2) is 36.0 Å². The minimum atomic E-state index is -1.09. The molecule has 0 spiro atoms. The van der Waals surface area contributed by atoms with E-state index in [0.29, 0.717) is 11.3 Å². The molecule has 0 bridgehead atoms. The van der Waals surface area contributed by atoms with Crippen LogP contribution in [-0.4, -0.2) is 45.7 Å². The molecule has 0 aromatic heterocycles. The van der Waals surface area contributed by atoms with Gasteiger partial charge < -0.3 is 15.5 Å². The maximum atomic E-state index is 12.1. The summed E-state index contributed by atoms with van der Waals surface area (Å²) in [5.74, 6) is 4.62. The predicted molar refractivity (Wildman–Crippen MR) is 85.1 cm³/mol. The summed E-state index contributed by atoms with van der Waals surface area (Å²) in [6, 6.07) is 6.98. The van der Waals surface area contributed by atoms with Crippen LogP contribution in [0, 0.1) is 11.8 Å². The highest BCUT2D eigenvalue weighted by atomic mass is 16.3. The van der Waals surface area contributed by atoms with E-state index in [1.54, 1.807) is 38.1 Å². The molecule has 0 saturated heterocycles. The van der Waals surface area contributed by atoms with Crippen molar-refractivity contribution in [1.82, 2.24) is 4.90 Å². The number of hydrogen-bond donors (Lipinski definition) is 3. The van der Waals surface area contributed by atoms with Gasteiger partial charge in [-0.1, -0.05) is 17.9 Å². The number of aliphatic hydroxyl groups is 2. The first kappa shape index (κ1) is 16.7. The van der Waals surface area contributed by atoms with Gasteiger partial charge in [0.15, 0.2) is 0 Å². The van der Waals surface area contributed by atoms with Crippen molar-refractivity contribution in [3.63, 3.8) is 0 Å². The fourth-order valence-corrected chi connectivity index (χ4v) is 1.97. The highest BCUT2D eigenvalue weighted by Crippen LogP contribution is 2.18. The van der Waals surface area contributed by atoms with Gasteiger partial charge in [-0.05, 0) is 32.0 Å². The lowest BCUT2D eigenvalue weighted by Crippen LogP contribution is -2.34. The molecule has 0 aliphatic carbocycles. The van der Waals surface area contributed by atoms with E-state index >= 15 is 0 Å². The van der Waals surface area contributed by atoms with E-state index in [-0.39, 0.29) is 18.8 Å². The van der Waals surface area contributed by atoms with E-state index in [1.807, 2.05) is 0 Å². The average Bonchev–Trinajstić information content (AvgIpc) is 2.73. The first-order valence-corrected chi connectivity index (χ1v) is 7.11. The van der Waals surface area contributed by atoms with Gasteiger partial charge in [-0.3, -0.25) is 14.5 Å². The van der Waals surface area contributed by atoms with E-state index in [9.17, 15) is 14.7 Å². The average molecular weight is 314 g/mol. The molecule has 0 fully saturated rings. The van der Waals surface area contributed by atoms with Gasteiger partial charge in [0.25, 0.3) is 11.8 Å². The summed E-state index contributed by atoms with van der Waals surface area (Å²) in [4.78, 5) is 24.7. The molecule has 0 atom stereocenters. The molecule has 2 rings (SSSR count). The van der Waals surface area contributed by atoms with Crippen molar-refractivity contribution < 1.29 is 19.8 Å². The second-order valence-corrected chi connectivity index (χ2v) is 5.59. The molecule has 1 heterocycles. The SMILES string of the molecule is CC(C)(O)C#Cc1cccc(NC2=CC(=O)N(CCO)C2=O)c1. The summed E-state index contributed by atoms with van der Waals surface area (Å²) in [7, 11) is 0. The van der Waals surface area contributed by atoms with E-state index in [1.165, 1.54) is 6.08 Å². The minimum Gasteiger partial charge on any atom is -0.395 e. The number of β-amino-alcohol motifs (C(OH)–C–C–N with tert-alkyl or cyclic N) is 1. The fraction of sp³-hybridized carbons (Fsp3) is 0.294. The Hall–Kier alpha value is -2.62. The Bertz CT molecular complexity index is 720. The van der Waals surface area contributed by atoms with Crippen LogP contribution in [0.4, 0.5) is 5.69 Å². The molecule has 1 aromatic carbocycles. The van der Waals surface area contributed by atoms with Gasteiger partial charge >= 0.3 is 0 Å². The van der Waals surface area contributed by atoms with Crippen LogP contribution in [0.3, 0.4) is 0 Å². The molecular formula is C17H18N2O4. The van der Waals surface area contributed by atoms with Crippen LogP contribution in [-0.2, 0) is 9.59 Å². The van der Waals surface area contributed by atoms with Crippen LogP contribution in [0.25, 0.3) is 0 Å². The first-order chi connectivity index (χ1) is 10.8. The third kappa shape index (κ3) is 4.42. The van der Waals surface area contributed by atoms with Crippen LogP contribution in [0.2, 0.25) is 0 Å². The van der Waals surface area contributed by atoms with Crippen molar-refractivity contribution in [1.29, 1.82) is 0 Å². The number of hydrogen-bond acceptors (Lipinski definition) is 5. The Morgan fingerprint density at radius 1 is 1.30 bits per heavy atom. The first-order valence-electron chi connectivity index (χ1n) is 7.11. The monoisotopic (exact) mass is 314 g/mol. The number of benzene rings is 1. The predicted octanol–water partition coefficient (Wildman–Crippen LogP) is 0.466. The lowest BCUT2D eigenvalue weighted by Gasteiger charge is -2.13. The zero-order valence-corrected chi connectivity index (χ0v) is 13.0. The molecule has 2 amide bonds. The lowest BCUT2D eigenvalue weighted by atomic mass is 10.1. The van der Waals surface area contributed by atoms with Crippen LogP contribution < -0.4 is 5.32 Å². The number of nitrogens with one attached hydrogen (secondary N) is 1. The Labute approximate surface area is 134 Å². The van der Waals surface area contributed by atoms with Gasteiger partial charge in [-0.2, -0.15) is 0 Å². The van der Waals surface area contributed by atoms with Gasteiger partial charge in [0, 0.05) is 17.3 Å². The third-order valence-electron chi connectivity index (χ3n) is 2.99. The Morgan fingerprint density at radius 3 is 2.70 bits per heavy atom. The molecule has 6 heteroatoms. The third-order valence-corrected chi connectivity index (χ3v) is 2.99. The minimum absolute atomic E-state index is 0.0313. The highest BCUT2D eigenvalue weighted by molar-refractivity contribution is 6.17. The van der Waals surface area contributed by atoms with Gasteiger partial charge in [0.05, 0.1) is 13.2 Å². The van der Waals surface area contributed by atoms with Crippen molar-refractivity contribution in [2.24, 2.45) is 0 Å². The Balaban J connectivity index is 2.15. The molecular weight excluding hydrogens is 296 g/mol. The van der Waals surface area contributed by atoms with Crippen molar-refractivity contribution in [3.8, 4) is 11.8 Å². The van der Waals surface area contributed by atoms with Gasteiger partial charge in [0.2, 0.25) is 0 Å². The molecule has 0 saturated carbocycles. The topological polar surface area (TPSA) is 89.9 Å². The number of imide groups is 1. The van der Waals surface area contributed by atoms with Crippen LogP contribution in [0.1, 0.15) is 19.4 Å². The quantitative estimate of drug-likeness (QED) is 0.555. The summed E-state index contributed by atoms with van der Waals surface area (Å²) < 4.78 is 0. The second kappa shape index (κ2) is 6.65. The zero-order chi connectivity index (χ0) is 17.0. The zero-order valence-electron chi connectivity index (χ0n) is 13.0. The van der Waals surface area contributed by atoms with E-state index < -0.39 is 17.4 Å². The molecule has 0 unspecified atom stereocenters. The summed E-state index contributed by atoms with van der Waals surface area (Å²) in [5, 5.41) is 21.4. The van der Waals surface area contributed by atoms with Crippen molar-refractivity contribution >= 4 is 17.5 Å². The number of nitrogens with zero attached hydrogens (tertiary/aromatic N) is 1. The van der Waals surface area contributed by atoms with Crippen molar-refractivity contribution in [2.45, 2.75) is 19.4 Å². The van der Waals surface area contributed by atoms with Gasteiger partial charge in [-0.25, -0.2) is 0 Å². The summed E-state index contributed by atoms with van der Waals surface area (Å²) in [6.45, 7) is 2.87. The highest BCUT2D eigenvalue weighted by Gasteiger charge is 2.30. The van der Waals surface area contributed by atoms with E-state index in [0.717, 1.165) is 4.90 Å². The van der Waals surface area contributed by atoms with Gasteiger partial charge in [0.1, 0.15) is 11.3 Å². The number of aliphatic hydroxyl groups excluding tert-OH is 1. The normalized spacial score (nSPS) is 14.4. The molecule has 120 valence electrons. The summed E-state index contributed by atoms with van der Waals surface area (Å²) >= 11 is 0. The van der Waals surface area contributed by atoms with E-state index in [4.69, 9.17) is 5.11 Å². The van der Waals surface area contributed by atoms with Gasteiger partial charge in [-0.15, -0.1) is 0 Å². The molecule has 1 aromatic rings. The van der Waals surface area contributed by atoms with Crippen LogP contribution in [0.5, 0.6) is 0 Å². The van der Waals surface area contributed by atoms with Crippen molar-refractivity contribution in [3.05, 3.63) is 41.6 Å². The number of carbonyl (C=O) groups is 2. The maximum Gasteiger partial charge on any atom is 0.277 e. The Morgan fingerprint density at radius 2 is 2.04 bits per heavy atom. The molecule has 3 N–H and O–H groups in total. The summed E-state index contributed by atoms with van der Waals surface area (Å²) in [6.07, 6.45) is 1.20. The fourth-order valence-electron chi connectivity index (χ4n) is 1.97. The summed E-state index contributed by atoms with van der Waals surface area (Å²) in [5.41, 5.74) is 0.327. The smallest absolute Gasteiger partial charge is 0.277 e. The second-order valence-electron chi connectivity index (χ2n) is 5.59. The maximum absolute atomic E-state index is 12.1. The van der Waals surface area contributed by atoms with Crippen LogP contribution >= 0.6 is 0 Å². The number of anilines is 1. The molecule has 1 aliphatic heterocycles. The lowest BCUT2D eigenvalue weighted by molar-refractivity contribution is -0.137. The number of rotatable bonds is 4. The molecule has 23 heavy (non-hydrogen) atoms.